The first-order valence-electron chi connectivity index (χ1n) is 5.60. The standard InChI is InChI=1S/C14H17F3/c1-10-5-6-11(7-8-13(2,3)4)12(9-10)14(15,16)17/h9H,5-6H2,1-4H3. The zero-order valence-electron chi connectivity index (χ0n) is 10.6. The van der Waals surface area contributed by atoms with Crippen LogP contribution in [0.15, 0.2) is 22.8 Å². The molecule has 1 aliphatic carbocycles. The summed E-state index contributed by atoms with van der Waals surface area (Å²) in [6.07, 6.45) is -2.03. The van der Waals surface area contributed by atoms with Gasteiger partial charge in [0, 0.05) is 11.0 Å². The Kier molecular flexibility index (Phi) is 3.76. The molecule has 0 N–H and O–H groups in total. The van der Waals surface area contributed by atoms with Crippen LogP contribution in [0.3, 0.4) is 0 Å². The lowest BCUT2D eigenvalue weighted by Gasteiger charge is -2.18. The van der Waals surface area contributed by atoms with E-state index in [0.717, 1.165) is 5.57 Å². The average Bonchev–Trinajstić information content (AvgIpc) is 2.13. The Labute approximate surface area is 101 Å². The Balaban J connectivity index is 3.19. The van der Waals surface area contributed by atoms with Crippen LogP contribution in [0.5, 0.6) is 0 Å². The minimum Gasteiger partial charge on any atom is -0.166 e. The van der Waals surface area contributed by atoms with E-state index >= 15 is 0 Å². The molecule has 0 nitrogen and oxygen atoms in total. The number of halogens is 3. The summed E-state index contributed by atoms with van der Waals surface area (Å²) in [6.45, 7) is 7.38. The molecule has 0 radical (unpaired) electrons. The van der Waals surface area contributed by atoms with E-state index in [1.807, 2.05) is 20.8 Å². The van der Waals surface area contributed by atoms with E-state index < -0.39 is 11.7 Å². The minimum atomic E-state index is -4.30. The van der Waals surface area contributed by atoms with Crippen molar-refractivity contribution < 1.29 is 13.2 Å². The average molecular weight is 242 g/mol. The van der Waals surface area contributed by atoms with Gasteiger partial charge in [-0.25, -0.2) is 0 Å². The second kappa shape index (κ2) is 4.60. The van der Waals surface area contributed by atoms with Gasteiger partial charge in [-0.05, 0) is 40.5 Å². The molecule has 94 valence electrons. The van der Waals surface area contributed by atoms with Crippen LogP contribution in [0.25, 0.3) is 0 Å². The van der Waals surface area contributed by atoms with Crippen LogP contribution in [0.1, 0.15) is 40.5 Å². The molecule has 0 bridgehead atoms. The second-order valence-corrected chi connectivity index (χ2v) is 5.38. The van der Waals surface area contributed by atoms with Crippen molar-refractivity contribution in [3.05, 3.63) is 22.8 Å². The summed E-state index contributed by atoms with van der Waals surface area (Å²) < 4.78 is 38.4. The maximum Gasteiger partial charge on any atom is 0.417 e. The lowest BCUT2D eigenvalue weighted by Crippen LogP contribution is -2.15. The lowest BCUT2D eigenvalue weighted by atomic mass is 9.91. The van der Waals surface area contributed by atoms with Crippen molar-refractivity contribution >= 4 is 0 Å². The first kappa shape index (κ1) is 13.9. The summed E-state index contributed by atoms with van der Waals surface area (Å²) >= 11 is 0. The van der Waals surface area contributed by atoms with E-state index in [-0.39, 0.29) is 11.0 Å². The van der Waals surface area contributed by atoms with E-state index in [9.17, 15) is 13.2 Å². The Morgan fingerprint density at radius 2 is 1.71 bits per heavy atom. The molecule has 0 aromatic heterocycles. The van der Waals surface area contributed by atoms with Crippen LogP contribution in [0.2, 0.25) is 0 Å². The van der Waals surface area contributed by atoms with Crippen LogP contribution in [0, 0.1) is 17.3 Å². The van der Waals surface area contributed by atoms with Gasteiger partial charge < -0.3 is 0 Å². The van der Waals surface area contributed by atoms with Crippen molar-refractivity contribution in [3.63, 3.8) is 0 Å². The van der Waals surface area contributed by atoms with Crippen LogP contribution >= 0.6 is 0 Å². The first-order chi connectivity index (χ1) is 7.59. The molecule has 0 spiro atoms. The monoisotopic (exact) mass is 242 g/mol. The number of allylic oxidation sites excluding steroid dienone is 4. The van der Waals surface area contributed by atoms with Crippen LogP contribution in [-0.2, 0) is 0 Å². The van der Waals surface area contributed by atoms with Crippen molar-refractivity contribution in [2.75, 3.05) is 0 Å². The SMILES string of the molecule is CC1=CC(C(F)(F)F)=C(C#CC(C)(C)C)CC1. The van der Waals surface area contributed by atoms with Gasteiger partial charge in [-0.15, -0.1) is 0 Å². The highest BCUT2D eigenvalue weighted by Gasteiger charge is 2.35. The molecule has 0 amide bonds. The topological polar surface area (TPSA) is 0 Å². The molecule has 3 heteroatoms. The molecule has 1 rings (SSSR count). The zero-order chi connectivity index (χ0) is 13.3. The molecule has 0 saturated heterocycles. The maximum absolute atomic E-state index is 12.8. The van der Waals surface area contributed by atoms with Crippen LogP contribution < -0.4 is 0 Å². The van der Waals surface area contributed by atoms with Gasteiger partial charge in [0.15, 0.2) is 0 Å². The molecule has 17 heavy (non-hydrogen) atoms. The molecular weight excluding hydrogens is 225 g/mol. The van der Waals surface area contributed by atoms with Gasteiger partial charge >= 0.3 is 6.18 Å². The third-order valence-corrected chi connectivity index (χ3v) is 2.38. The first-order valence-corrected chi connectivity index (χ1v) is 5.60. The minimum absolute atomic E-state index is 0.220. The normalized spacial score (nSPS) is 17.5. The van der Waals surface area contributed by atoms with E-state index in [0.29, 0.717) is 12.8 Å². The molecule has 0 fully saturated rings. The Morgan fingerprint density at radius 1 is 1.12 bits per heavy atom. The Hall–Kier alpha value is -1.17. The van der Waals surface area contributed by atoms with Crippen molar-refractivity contribution in [2.24, 2.45) is 5.41 Å². The third-order valence-electron chi connectivity index (χ3n) is 2.38. The maximum atomic E-state index is 12.8. The zero-order valence-corrected chi connectivity index (χ0v) is 10.6. The number of hydrogen-bond acceptors (Lipinski definition) is 0. The summed E-state index contributed by atoms with van der Waals surface area (Å²) in [7, 11) is 0. The molecule has 1 aliphatic rings. The number of alkyl halides is 3. The van der Waals surface area contributed by atoms with Gasteiger partial charge in [0.25, 0.3) is 0 Å². The largest absolute Gasteiger partial charge is 0.417 e. The quantitative estimate of drug-likeness (QED) is 0.543. The molecule has 0 aliphatic heterocycles. The Morgan fingerprint density at radius 3 is 2.18 bits per heavy atom. The fourth-order valence-corrected chi connectivity index (χ4v) is 1.51. The predicted octanol–water partition coefficient (Wildman–Crippen LogP) is 4.63. The predicted molar refractivity (Wildman–Crippen MR) is 63.3 cm³/mol. The molecule has 0 aromatic rings. The van der Waals surface area contributed by atoms with Crippen LogP contribution in [0.4, 0.5) is 13.2 Å². The summed E-state index contributed by atoms with van der Waals surface area (Å²) in [6, 6.07) is 0. The molecular formula is C14H17F3. The van der Waals surface area contributed by atoms with Crippen molar-refractivity contribution in [2.45, 2.75) is 46.7 Å². The smallest absolute Gasteiger partial charge is 0.166 e. The van der Waals surface area contributed by atoms with Crippen molar-refractivity contribution in [1.29, 1.82) is 0 Å². The van der Waals surface area contributed by atoms with E-state index in [1.54, 1.807) is 6.92 Å². The summed E-state index contributed by atoms with van der Waals surface area (Å²) in [5, 5.41) is 0. The van der Waals surface area contributed by atoms with Gasteiger partial charge in [0.05, 0.1) is 5.57 Å². The fourth-order valence-electron chi connectivity index (χ4n) is 1.51. The van der Waals surface area contributed by atoms with Crippen molar-refractivity contribution in [1.82, 2.24) is 0 Å². The van der Waals surface area contributed by atoms with E-state index in [1.165, 1.54) is 6.08 Å². The number of hydrogen-bond donors (Lipinski definition) is 0. The van der Waals surface area contributed by atoms with Crippen LogP contribution in [-0.4, -0.2) is 6.18 Å². The molecule has 0 atom stereocenters. The fraction of sp³-hybridized carbons (Fsp3) is 0.571. The summed E-state index contributed by atoms with van der Waals surface area (Å²) in [4.78, 5) is 0. The highest BCUT2D eigenvalue weighted by atomic mass is 19.4. The highest BCUT2D eigenvalue weighted by molar-refractivity contribution is 5.46. The van der Waals surface area contributed by atoms with E-state index in [4.69, 9.17) is 0 Å². The third kappa shape index (κ3) is 4.30. The van der Waals surface area contributed by atoms with E-state index in [2.05, 4.69) is 11.8 Å². The molecule has 0 aromatic carbocycles. The van der Waals surface area contributed by atoms with Gasteiger partial charge in [0.2, 0.25) is 0 Å². The summed E-state index contributed by atoms with van der Waals surface area (Å²) in [5.74, 6) is 5.58. The molecule has 0 saturated carbocycles. The van der Waals surface area contributed by atoms with Gasteiger partial charge in [-0.2, -0.15) is 13.2 Å². The Bertz CT molecular complexity index is 417. The highest BCUT2D eigenvalue weighted by Crippen LogP contribution is 2.35. The van der Waals surface area contributed by atoms with Gasteiger partial charge in [-0.1, -0.05) is 23.5 Å². The molecule has 0 unspecified atom stereocenters. The summed E-state index contributed by atoms with van der Waals surface area (Å²) in [5.41, 5.74) is 0.134. The van der Waals surface area contributed by atoms with Gasteiger partial charge in [0.1, 0.15) is 0 Å². The number of rotatable bonds is 0. The molecule has 0 heterocycles. The van der Waals surface area contributed by atoms with Crippen molar-refractivity contribution in [3.8, 4) is 11.8 Å². The lowest BCUT2D eigenvalue weighted by molar-refractivity contribution is -0.0891. The second-order valence-electron chi connectivity index (χ2n) is 5.38. The van der Waals surface area contributed by atoms with Gasteiger partial charge in [-0.3, -0.25) is 0 Å².